The molecule has 0 saturated carbocycles. The number of alkyl halides is 6. The molecule has 104 valence electrons. The molecular weight excluding hydrogens is 308 g/mol. The molecule has 6 nitrogen and oxygen atoms in total. The lowest BCUT2D eigenvalue weighted by Crippen LogP contribution is -2.43. The van der Waals surface area contributed by atoms with Gasteiger partial charge < -0.3 is 0 Å². The van der Waals surface area contributed by atoms with Gasteiger partial charge in [0.2, 0.25) is 0 Å². The highest BCUT2D eigenvalue weighted by Gasteiger charge is 2.50. The SMILES string of the molecule is O=S(=O)(NS(=O)(=O)C(F)(F)F)OC(F)(F)CF. The summed E-state index contributed by atoms with van der Waals surface area (Å²) in [5, 5.41) is 0. The summed E-state index contributed by atoms with van der Waals surface area (Å²) < 4.78 is 114. The Balaban J connectivity index is 5.06. The molecule has 0 spiro atoms. The minimum absolute atomic E-state index is 0.186. The van der Waals surface area contributed by atoms with Gasteiger partial charge in [-0.3, -0.25) is 0 Å². The minimum Gasteiger partial charge on any atom is -0.241 e. The average molecular weight is 311 g/mol. The summed E-state index contributed by atoms with van der Waals surface area (Å²) >= 11 is 0. The summed E-state index contributed by atoms with van der Waals surface area (Å²) in [6.45, 7) is -2.68. The first-order chi connectivity index (χ1) is 7.22. The fourth-order valence-corrected chi connectivity index (χ4v) is 2.34. The summed E-state index contributed by atoms with van der Waals surface area (Å²) in [4.78, 5) is 0. The van der Waals surface area contributed by atoms with Crippen LogP contribution in [0.4, 0.5) is 26.3 Å². The van der Waals surface area contributed by atoms with Crippen molar-refractivity contribution in [3.8, 4) is 0 Å². The molecule has 17 heavy (non-hydrogen) atoms. The highest BCUT2D eigenvalue weighted by Crippen LogP contribution is 2.24. The zero-order valence-corrected chi connectivity index (χ0v) is 8.97. The Morgan fingerprint density at radius 3 is 1.71 bits per heavy atom. The van der Waals surface area contributed by atoms with Crippen LogP contribution < -0.4 is 4.13 Å². The van der Waals surface area contributed by atoms with Gasteiger partial charge >= 0.3 is 31.9 Å². The van der Waals surface area contributed by atoms with Crippen LogP contribution in [0.1, 0.15) is 0 Å². The second-order valence-corrected chi connectivity index (χ2v) is 5.55. The number of sulfonamides is 1. The van der Waals surface area contributed by atoms with Crippen LogP contribution in [0.15, 0.2) is 0 Å². The third kappa shape index (κ3) is 5.05. The Morgan fingerprint density at radius 2 is 1.41 bits per heavy atom. The highest BCUT2D eigenvalue weighted by atomic mass is 32.3. The smallest absolute Gasteiger partial charge is 0.241 e. The predicted octanol–water partition coefficient (Wildman–Crippen LogP) is 0.249. The monoisotopic (exact) mass is 311 g/mol. The van der Waals surface area contributed by atoms with Crippen molar-refractivity contribution >= 4 is 20.3 Å². The Bertz CT molecular complexity index is 464. The van der Waals surface area contributed by atoms with Crippen LogP contribution in [-0.2, 0) is 24.5 Å². The molecule has 0 aliphatic rings. The molecule has 0 aliphatic carbocycles. The van der Waals surface area contributed by atoms with Crippen LogP contribution in [-0.4, -0.2) is 35.1 Å². The van der Waals surface area contributed by atoms with Crippen molar-refractivity contribution in [2.45, 2.75) is 11.6 Å². The molecule has 0 aromatic carbocycles. The minimum atomic E-state index is -6.45. The molecular formula is C3H3F6NO5S2. The normalized spacial score (nSPS) is 14.9. The molecule has 0 saturated heterocycles. The molecule has 0 unspecified atom stereocenters. The van der Waals surface area contributed by atoms with E-state index >= 15 is 0 Å². The first-order valence-electron chi connectivity index (χ1n) is 3.22. The fraction of sp³-hybridized carbons (Fsp3) is 1.00. The zero-order valence-electron chi connectivity index (χ0n) is 7.33. The lowest BCUT2D eigenvalue weighted by atomic mass is 10.7. The van der Waals surface area contributed by atoms with Crippen molar-refractivity contribution in [1.82, 2.24) is 4.13 Å². The lowest BCUT2D eigenvalue weighted by Gasteiger charge is -2.14. The van der Waals surface area contributed by atoms with Crippen molar-refractivity contribution < 1.29 is 47.4 Å². The van der Waals surface area contributed by atoms with Gasteiger partial charge in [-0.15, -0.1) is 0 Å². The molecule has 0 radical (unpaired) electrons. The molecule has 0 rings (SSSR count). The fourth-order valence-electron chi connectivity index (χ4n) is 0.381. The molecule has 0 amide bonds. The maximum absolute atomic E-state index is 12.0. The van der Waals surface area contributed by atoms with E-state index in [2.05, 4.69) is 4.18 Å². The van der Waals surface area contributed by atoms with Gasteiger partial charge in [0.15, 0.2) is 6.67 Å². The molecule has 0 aromatic rings. The summed E-state index contributed by atoms with van der Waals surface area (Å²) in [6.07, 6.45) is -4.98. The summed E-state index contributed by atoms with van der Waals surface area (Å²) in [6, 6.07) is 0. The predicted molar refractivity (Wildman–Crippen MR) is 39.0 cm³/mol. The van der Waals surface area contributed by atoms with Crippen molar-refractivity contribution in [2.24, 2.45) is 0 Å². The van der Waals surface area contributed by atoms with E-state index < -0.39 is 38.6 Å². The summed E-state index contributed by atoms with van der Waals surface area (Å²) in [5.41, 5.74) is -6.06. The van der Waals surface area contributed by atoms with Crippen molar-refractivity contribution in [1.29, 1.82) is 0 Å². The van der Waals surface area contributed by atoms with Crippen LogP contribution in [0.3, 0.4) is 0 Å². The maximum atomic E-state index is 12.0. The van der Waals surface area contributed by atoms with E-state index in [0.717, 1.165) is 0 Å². The summed E-state index contributed by atoms with van der Waals surface area (Å²) in [5.74, 6) is 0. The van der Waals surface area contributed by atoms with Gasteiger partial charge in [0.25, 0.3) is 0 Å². The second kappa shape index (κ2) is 4.58. The first-order valence-corrected chi connectivity index (χ1v) is 6.11. The topological polar surface area (TPSA) is 89.5 Å². The third-order valence-electron chi connectivity index (χ3n) is 0.904. The van der Waals surface area contributed by atoms with E-state index in [4.69, 9.17) is 0 Å². The third-order valence-corrected chi connectivity index (χ3v) is 3.67. The first kappa shape index (κ1) is 16.4. The van der Waals surface area contributed by atoms with Gasteiger partial charge in [-0.2, -0.15) is 34.6 Å². The van der Waals surface area contributed by atoms with E-state index in [1.807, 2.05) is 0 Å². The van der Waals surface area contributed by atoms with Crippen LogP contribution in [0, 0.1) is 0 Å². The Kier molecular flexibility index (Phi) is 4.42. The Hall–Kier alpha value is -0.600. The van der Waals surface area contributed by atoms with Gasteiger partial charge in [-0.05, 0) is 0 Å². The van der Waals surface area contributed by atoms with Crippen LogP contribution >= 0.6 is 0 Å². The van der Waals surface area contributed by atoms with Crippen LogP contribution in [0.2, 0.25) is 0 Å². The standard InChI is InChI=1S/C3H3F6NO5S2/c4-1-2(5,6)15-17(13,14)10-16(11,12)3(7,8)9/h10H,1H2. The average Bonchev–Trinajstić information content (AvgIpc) is 1.97. The number of nitrogens with one attached hydrogen (secondary N) is 1. The van der Waals surface area contributed by atoms with Crippen molar-refractivity contribution in [3.63, 3.8) is 0 Å². The molecule has 0 fully saturated rings. The van der Waals surface area contributed by atoms with E-state index in [-0.39, 0.29) is 4.13 Å². The lowest BCUT2D eigenvalue weighted by molar-refractivity contribution is -0.183. The molecule has 0 atom stereocenters. The molecule has 1 N–H and O–H groups in total. The summed E-state index contributed by atoms with van der Waals surface area (Å²) in [7, 11) is -12.5. The number of rotatable bonds is 5. The number of halogens is 6. The van der Waals surface area contributed by atoms with Crippen molar-refractivity contribution in [3.05, 3.63) is 0 Å². The van der Waals surface area contributed by atoms with Gasteiger partial charge in [0, 0.05) is 0 Å². The Morgan fingerprint density at radius 1 is 1.00 bits per heavy atom. The molecule has 0 aromatic heterocycles. The zero-order chi connectivity index (χ0) is 14.1. The van der Waals surface area contributed by atoms with Crippen LogP contribution in [0.25, 0.3) is 0 Å². The van der Waals surface area contributed by atoms with Crippen molar-refractivity contribution in [2.75, 3.05) is 6.67 Å². The Labute approximate surface area is 90.9 Å². The van der Waals surface area contributed by atoms with Crippen LogP contribution in [0.5, 0.6) is 0 Å². The van der Waals surface area contributed by atoms with Gasteiger partial charge in [0.1, 0.15) is 0 Å². The van der Waals surface area contributed by atoms with E-state index in [9.17, 15) is 43.2 Å². The number of hydrogen-bond acceptors (Lipinski definition) is 5. The van der Waals surface area contributed by atoms with E-state index in [1.165, 1.54) is 0 Å². The molecule has 0 heterocycles. The molecule has 0 bridgehead atoms. The number of hydrogen-bond donors (Lipinski definition) is 1. The highest BCUT2D eigenvalue weighted by molar-refractivity contribution is 8.03. The van der Waals surface area contributed by atoms with Gasteiger partial charge in [-0.25, -0.2) is 12.8 Å². The quantitative estimate of drug-likeness (QED) is 0.735. The van der Waals surface area contributed by atoms with E-state index in [1.54, 1.807) is 0 Å². The largest absolute Gasteiger partial charge is 0.512 e. The molecule has 0 aliphatic heterocycles. The second-order valence-electron chi connectivity index (χ2n) is 2.34. The maximum Gasteiger partial charge on any atom is 0.512 e. The van der Waals surface area contributed by atoms with E-state index in [0.29, 0.717) is 0 Å². The molecule has 14 heteroatoms. The van der Waals surface area contributed by atoms with Gasteiger partial charge in [0.05, 0.1) is 0 Å². The van der Waals surface area contributed by atoms with Gasteiger partial charge in [-0.1, -0.05) is 4.13 Å².